The van der Waals surface area contributed by atoms with Gasteiger partial charge in [-0.15, -0.1) is 0 Å². The summed E-state index contributed by atoms with van der Waals surface area (Å²) in [7, 11) is 1.60. The quantitative estimate of drug-likeness (QED) is 0.731. The Kier molecular flexibility index (Phi) is 5.99. The van der Waals surface area contributed by atoms with E-state index in [9.17, 15) is 14.7 Å². The fraction of sp³-hybridized carbons (Fsp3) is 0.867. The molecule has 0 aromatic heterocycles. The lowest BCUT2D eigenvalue weighted by molar-refractivity contribution is -0.129. The Morgan fingerprint density at radius 1 is 1.43 bits per heavy atom. The molecule has 0 spiro atoms. The number of amides is 2. The van der Waals surface area contributed by atoms with Crippen LogP contribution >= 0.6 is 0 Å². The van der Waals surface area contributed by atoms with Crippen molar-refractivity contribution in [3.05, 3.63) is 0 Å². The van der Waals surface area contributed by atoms with Crippen LogP contribution in [0.5, 0.6) is 0 Å². The fourth-order valence-electron chi connectivity index (χ4n) is 3.17. The SMILES string of the molecule is COCCN1CC(C(=O)NCC2CCCCC2O)CC1=O. The van der Waals surface area contributed by atoms with E-state index in [0.29, 0.717) is 26.2 Å². The maximum absolute atomic E-state index is 12.2. The zero-order valence-electron chi connectivity index (χ0n) is 12.7. The Morgan fingerprint density at radius 3 is 2.90 bits per heavy atom. The second kappa shape index (κ2) is 7.75. The normalized spacial score (nSPS) is 29.7. The van der Waals surface area contributed by atoms with E-state index in [1.807, 2.05) is 0 Å². The van der Waals surface area contributed by atoms with Crippen LogP contribution in [0.1, 0.15) is 32.1 Å². The van der Waals surface area contributed by atoms with Crippen molar-refractivity contribution in [3.63, 3.8) is 0 Å². The summed E-state index contributed by atoms with van der Waals surface area (Å²) in [5, 5.41) is 12.8. The van der Waals surface area contributed by atoms with E-state index in [1.165, 1.54) is 0 Å². The van der Waals surface area contributed by atoms with Gasteiger partial charge >= 0.3 is 0 Å². The average molecular weight is 298 g/mol. The van der Waals surface area contributed by atoms with Crippen LogP contribution in [0.4, 0.5) is 0 Å². The summed E-state index contributed by atoms with van der Waals surface area (Å²) >= 11 is 0. The summed E-state index contributed by atoms with van der Waals surface area (Å²) in [4.78, 5) is 25.6. The van der Waals surface area contributed by atoms with Gasteiger partial charge in [0.15, 0.2) is 0 Å². The summed E-state index contributed by atoms with van der Waals surface area (Å²) in [6, 6.07) is 0. The van der Waals surface area contributed by atoms with Crippen molar-refractivity contribution < 1.29 is 19.4 Å². The van der Waals surface area contributed by atoms with Crippen LogP contribution in [0.25, 0.3) is 0 Å². The molecule has 0 aromatic rings. The van der Waals surface area contributed by atoms with Crippen molar-refractivity contribution in [1.29, 1.82) is 0 Å². The molecule has 1 aliphatic carbocycles. The van der Waals surface area contributed by atoms with Gasteiger partial charge in [0.1, 0.15) is 0 Å². The molecule has 3 unspecified atom stereocenters. The highest BCUT2D eigenvalue weighted by molar-refractivity contribution is 5.89. The maximum atomic E-state index is 12.2. The number of carbonyl (C=O) groups excluding carboxylic acids is 2. The van der Waals surface area contributed by atoms with Crippen molar-refractivity contribution in [2.45, 2.75) is 38.2 Å². The Morgan fingerprint density at radius 2 is 2.19 bits per heavy atom. The summed E-state index contributed by atoms with van der Waals surface area (Å²) < 4.78 is 4.96. The highest BCUT2D eigenvalue weighted by Crippen LogP contribution is 2.24. The summed E-state index contributed by atoms with van der Waals surface area (Å²) in [5.41, 5.74) is 0. The van der Waals surface area contributed by atoms with Gasteiger partial charge in [-0.2, -0.15) is 0 Å². The molecular weight excluding hydrogens is 272 g/mol. The first-order chi connectivity index (χ1) is 10.1. The third kappa shape index (κ3) is 4.41. The van der Waals surface area contributed by atoms with E-state index in [2.05, 4.69) is 5.32 Å². The van der Waals surface area contributed by atoms with E-state index in [-0.39, 0.29) is 36.2 Å². The minimum atomic E-state index is -0.303. The molecule has 0 bridgehead atoms. The highest BCUT2D eigenvalue weighted by atomic mass is 16.5. The monoisotopic (exact) mass is 298 g/mol. The number of aliphatic hydroxyl groups is 1. The number of rotatable bonds is 6. The van der Waals surface area contributed by atoms with Crippen molar-refractivity contribution in [2.24, 2.45) is 11.8 Å². The Labute approximate surface area is 125 Å². The van der Waals surface area contributed by atoms with Crippen molar-refractivity contribution in [1.82, 2.24) is 10.2 Å². The molecule has 0 aromatic carbocycles. The smallest absolute Gasteiger partial charge is 0.225 e. The zero-order chi connectivity index (χ0) is 15.2. The van der Waals surface area contributed by atoms with Crippen LogP contribution < -0.4 is 5.32 Å². The molecule has 2 amide bonds. The Bertz CT molecular complexity index is 375. The van der Waals surface area contributed by atoms with Crippen LogP contribution in [0.2, 0.25) is 0 Å². The van der Waals surface area contributed by atoms with Crippen LogP contribution in [0.3, 0.4) is 0 Å². The lowest BCUT2D eigenvalue weighted by Crippen LogP contribution is -2.40. The Balaban J connectivity index is 1.74. The lowest BCUT2D eigenvalue weighted by atomic mass is 9.86. The van der Waals surface area contributed by atoms with Crippen molar-refractivity contribution in [2.75, 3.05) is 33.4 Å². The third-order valence-electron chi connectivity index (χ3n) is 4.56. The molecule has 2 fully saturated rings. The number of likely N-dealkylation sites (tertiary alicyclic amines) is 1. The predicted octanol–water partition coefficient (Wildman–Crippen LogP) is 0.149. The molecule has 0 radical (unpaired) electrons. The topological polar surface area (TPSA) is 78.9 Å². The second-order valence-corrected chi connectivity index (χ2v) is 6.09. The molecule has 3 atom stereocenters. The van der Waals surface area contributed by atoms with Gasteiger partial charge in [0.25, 0.3) is 0 Å². The van der Waals surface area contributed by atoms with Gasteiger partial charge in [0.05, 0.1) is 18.6 Å². The molecule has 1 saturated heterocycles. The molecular formula is C15H26N2O4. The third-order valence-corrected chi connectivity index (χ3v) is 4.56. The van der Waals surface area contributed by atoms with Crippen LogP contribution in [-0.2, 0) is 14.3 Å². The van der Waals surface area contributed by atoms with Gasteiger partial charge in [0.2, 0.25) is 11.8 Å². The fourth-order valence-corrected chi connectivity index (χ4v) is 3.17. The molecule has 21 heavy (non-hydrogen) atoms. The molecule has 2 N–H and O–H groups in total. The highest BCUT2D eigenvalue weighted by Gasteiger charge is 2.34. The van der Waals surface area contributed by atoms with Gasteiger partial charge in [-0.1, -0.05) is 12.8 Å². The first-order valence-electron chi connectivity index (χ1n) is 7.84. The zero-order valence-corrected chi connectivity index (χ0v) is 12.7. The first kappa shape index (κ1) is 16.2. The number of hydrogen-bond donors (Lipinski definition) is 2. The van der Waals surface area contributed by atoms with E-state index in [0.717, 1.165) is 25.7 Å². The average Bonchev–Trinajstić information content (AvgIpc) is 2.85. The molecule has 1 heterocycles. The molecule has 6 nitrogen and oxygen atoms in total. The number of nitrogens with zero attached hydrogens (tertiary/aromatic N) is 1. The lowest BCUT2D eigenvalue weighted by Gasteiger charge is -2.28. The maximum Gasteiger partial charge on any atom is 0.225 e. The number of hydrogen-bond acceptors (Lipinski definition) is 4. The predicted molar refractivity (Wildman–Crippen MR) is 77.5 cm³/mol. The van der Waals surface area contributed by atoms with Crippen molar-refractivity contribution >= 4 is 11.8 Å². The molecule has 6 heteroatoms. The van der Waals surface area contributed by atoms with Gasteiger partial charge < -0.3 is 20.1 Å². The minimum Gasteiger partial charge on any atom is -0.393 e. The summed E-state index contributed by atoms with van der Waals surface area (Å²) in [6.45, 7) is 2.03. The number of ether oxygens (including phenoxy) is 1. The van der Waals surface area contributed by atoms with Crippen molar-refractivity contribution in [3.8, 4) is 0 Å². The molecule has 1 aliphatic heterocycles. The number of nitrogens with one attached hydrogen (secondary N) is 1. The van der Waals surface area contributed by atoms with Crippen LogP contribution in [0.15, 0.2) is 0 Å². The molecule has 120 valence electrons. The van der Waals surface area contributed by atoms with Gasteiger partial charge in [-0.25, -0.2) is 0 Å². The summed E-state index contributed by atoms with van der Waals surface area (Å²) in [6.07, 6.45) is 3.95. The number of carbonyl (C=O) groups is 2. The van der Waals surface area contributed by atoms with E-state index < -0.39 is 0 Å². The van der Waals surface area contributed by atoms with E-state index >= 15 is 0 Å². The Hall–Kier alpha value is -1.14. The second-order valence-electron chi connectivity index (χ2n) is 6.09. The van der Waals surface area contributed by atoms with Gasteiger partial charge in [0, 0.05) is 39.1 Å². The first-order valence-corrected chi connectivity index (χ1v) is 7.84. The van der Waals surface area contributed by atoms with Crippen LogP contribution in [-0.4, -0.2) is 61.3 Å². The molecule has 1 saturated carbocycles. The van der Waals surface area contributed by atoms with E-state index in [1.54, 1.807) is 12.0 Å². The molecule has 2 aliphatic rings. The van der Waals surface area contributed by atoms with Crippen LogP contribution in [0, 0.1) is 11.8 Å². The standard InChI is InChI=1S/C15H26N2O4/c1-21-7-6-17-10-12(8-14(17)19)15(20)16-9-11-4-2-3-5-13(11)18/h11-13,18H,2-10H2,1H3,(H,16,20). The number of aliphatic hydroxyl groups excluding tert-OH is 1. The summed E-state index contributed by atoms with van der Waals surface area (Å²) in [5.74, 6) is -0.162. The van der Waals surface area contributed by atoms with Gasteiger partial charge in [-0.3, -0.25) is 9.59 Å². The van der Waals surface area contributed by atoms with E-state index in [4.69, 9.17) is 4.74 Å². The van der Waals surface area contributed by atoms with Gasteiger partial charge in [-0.05, 0) is 12.8 Å². The number of methoxy groups -OCH3 is 1. The molecule has 2 rings (SSSR count). The largest absolute Gasteiger partial charge is 0.393 e. The minimum absolute atomic E-state index is 0.0184.